The number of amides is 1. The first-order chi connectivity index (χ1) is 10.7. The fourth-order valence-electron chi connectivity index (χ4n) is 2.87. The molecule has 0 spiro atoms. The van der Waals surface area contributed by atoms with E-state index in [1.807, 2.05) is 45.9 Å². The van der Waals surface area contributed by atoms with Crippen LogP contribution in [-0.2, 0) is 15.9 Å². The number of fused-ring (bicyclic) bond motifs is 1. The van der Waals surface area contributed by atoms with Crippen molar-refractivity contribution in [3.63, 3.8) is 0 Å². The Morgan fingerprint density at radius 1 is 1.26 bits per heavy atom. The molecule has 1 aromatic carbocycles. The van der Waals surface area contributed by atoms with Crippen molar-refractivity contribution < 1.29 is 14.1 Å². The molecule has 0 unspecified atom stereocenters. The van der Waals surface area contributed by atoms with Crippen LogP contribution in [0.15, 0.2) is 18.2 Å². The summed E-state index contributed by atoms with van der Waals surface area (Å²) in [5, 5.41) is 8.69. The quantitative estimate of drug-likeness (QED) is 0.799. The highest BCUT2D eigenvalue weighted by Crippen LogP contribution is 2.36. The van der Waals surface area contributed by atoms with Gasteiger partial charge in [0, 0.05) is 18.7 Å². The van der Waals surface area contributed by atoms with Crippen molar-refractivity contribution in [2.24, 2.45) is 0 Å². The van der Waals surface area contributed by atoms with Crippen LogP contribution < -0.4 is 5.46 Å². The maximum atomic E-state index is 12.5. The van der Waals surface area contributed by atoms with Gasteiger partial charge in [-0.3, -0.25) is 4.79 Å². The summed E-state index contributed by atoms with van der Waals surface area (Å²) < 4.78 is 12.1. The third-order valence-corrected chi connectivity index (χ3v) is 5.03. The third kappa shape index (κ3) is 2.64. The summed E-state index contributed by atoms with van der Waals surface area (Å²) >= 11 is 0. The molecule has 0 N–H and O–H groups in total. The molecule has 6 heteroatoms. The Labute approximate surface area is 137 Å². The molecule has 5 nitrogen and oxygen atoms in total. The van der Waals surface area contributed by atoms with Crippen LogP contribution in [-0.4, -0.2) is 35.7 Å². The highest BCUT2D eigenvalue weighted by Gasteiger charge is 2.51. The lowest BCUT2D eigenvalue weighted by molar-refractivity contribution is 0.00578. The number of rotatable bonds is 3. The molecule has 1 amide bonds. The van der Waals surface area contributed by atoms with Crippen LogP contribution in [0.3, 0.4) is 0 Å². The number of carbonyl (C=O) groups is 1. The Balaban J connectivity index is 1.83. The van der Waals surface area contributed by atoms with E-state index in [4.69, 9.17) is 14.6 Å². The molecule has 0 atom stereocenters. The van der Waals surface area contributed by atoms with E-state index in [-0.39, 0.29) is 5.91 Å². The molecule has 0 radical (unpaired) electrons. The minimum Gasteiger partial charge on any atom is -0.399 e. The third-order valence-electron chi connectivity index (χ3n) is 5.03. The van der Waals surface area contributed by atoms with Crippen LogP contribution in [0.2, 0.25) is 0 Å². The number of nitriles is 1. The monoisotopic (exact) mass is 312 g/mol. The minimum atomic E-state index is -0.466. The van der Waals surface area contributed by atoms with Crippen LogP contribution in [0.5, 0.6) is 0 Å². The van der Waals surface area contributed by atoms with Crippen molar-refractivity contribution in [2.75, 3.05) is 6.54 Å². The fraction of sp³-hybridized carbons (Fsp3) is 0.529. The van der Waals surface area contributed by atoms with E-state index in [1.54, 1.807) is 4.90 Å². The molecule has 3 rings (SSSR count). The molecule has 0 saturated carbocycles. The van der Waals surface area contributed by atoms with Crippen molar-refractivity contribution in [3.8, 4) is 6.07 Å². The van der Waals surface area contributed by atoms with E-state index in [2.05, 4.69) is 6.07 Å². The van der Waals surface area contributed by atoms with E-state index in [1.165, 1.54) is 0 Å². The summed E-state index contributed by atoms with van der Waals surface area (Å²) in [7, 11) is -0.466. The van der Waals surface area contributed by atoms with Gasteiger partial charge in [0.15, 0.2) is 0 Å². The van der Waals surface area contributed by atoms with Gasteiger partial charge in [0.2, 0.25) is 0 Å². The van der Waals surface area contributed by atoms with Gasteiger partial charge in [-0.1, -0.05) is 12.1 Å². The Kier molecular flexibility index (Phi) is 3.74. The molecule has 2 aliphatic rings. The highest BCUT2D eigenvalue weighted by molar-refractivity contribution is 6.62. The lowest BCUT2D eigenvalue weighted by atomic mass is 9.78. The van der Waals surface area contributed by atoms with E-state index in [9.17, 15) is 4.79 Å². The molecule has 1 aromatic rings. The van der Waals surface area contributed by atoms with Crippen LogP contribution >= 0.6 is 0 Å². The lowest BCUT2D eigenvalue weighted by Crippen LogP contribution is -2.41. The maximum absolute atomic E-state index is 12.5. The summed E-state index contributed by atoms with van der Waals surface area (Å²) in [6.45, 7) is 9.07. The zero-order valence-corrected chi connectivity index (χ0v) is 14.0. The molecule has 0 aliphatic carbocycles. The Morgan fingerprint density at radius 2 is 1.91 bits per heavy atom. The zero-order chi connectivity index (χ0) is 16.8. The van der Waals surface area contributed by atoms with Gasteiger partial charge < -0.3 is 14.2 Å². The highest BCUT2D eigenvalue weighted by atomic mass is 16.7. The first kappa shape index (κ1) is 16.0. The number of hydrogen-bond acceptors (Lipinski definition) is 4. The number of benzene rings is 1. The molecule has 1 saturated heterocycles. The Morgan fingerprint density at radius 3 is 2.52 bits per heavy atom. The average molecular weight is 312 g/mol. The molecule has 120 valence electrons. The van der Waals surface area contributed by atoms with Crippen LogP contribution in [0.1, 0.15) is 50.0 Å². The lowest BCUT2D eigenvalue weighted by Gasteiger charge is -2.32. The Bertz CT molecular complexity index is 678. The van der Waals surface area contributed by atoms with E-state index in [0.717, 1.165) is 11.0 Å². The van der Waals surface area contributed by atoms with Crippen molar-refractivity contribution in [1.29, 1.82) is 5.26 Å². The van der Waals surface area contributed by atoms with Gasteiger partial charge in [0.05, 0.1) is 23.7 Å². The molecule has 2 aliphatic heterocycles. The molecular formula is C17H21BN2O3. The van der Waals surface area contributed by atoms with Gasteiger partial charge in [-0.05, 0) is 44.8 Å². The largest absolute Gasteiger partial charge is 0.494 e. The second-order valence-electron chi connectivity index (χ2n) is 7.14. The van der Waals surface area contributed by atoms with Gasteiger partial charge in [-0.25, -0.2) is 0 Å². The minimum absolute atomic E-state index is 0.0198. The van der Waals surface area contributed by atoms with Gasteiger partial charge in [0.1, 0.15) is 0 Å². The van der Waals surface area contributed by atoms with Gasteiger partial charge in [0.25, 0.3) is 5.91 Å². The number of carbonyl (C=O) groups excluding carboxylic acids is 1. The first-order valence-corrected chi connectivity index (χ1v) is 7.90. The average Bonchev–Trinajstić information content (AvgIpc) is 2.90. The van der Waals surface area contributed by atoms with Crippen LogP contribution in [0, 0.1) is 11.3 Å². The molecule has 23 heavy (non-hydrogen) atoms. The predicted octanol–water partition coefficient (Wildman–Crippen LogP) is 1.86. The van der Waals surface area contributed by atoms with E-state index >= 15 is 0 Å². The number of hydrogen-bond donors (Lipinski definition) is 0. The van der Waals surface area contributed by atoms with Gasteiger partial charge in [-0.2, -0.15) is 5.26 Å². The summed E-state index contributed by atoms with van der Waals surface area (Å²) in [6, 6.07) is 7.87. The van der Waals surface area contributed by atoms with Crippen LogP contribution in [0.25, 0.3) is 0 Å². The smallest absolute Gasteiger partial charge is 0.399 e. The standard InChI is InChI=1S/C17H21BN2O3/c1-16(2)17(3,4)23-18(22-16)13-7-6-12-11-20(9-5-8-19)15(21)14(12)10-13/h6-7,10H,5,9,11H2,1-4H3. The summed E-state index contributed by atoms with van der Waals surface area (Å²) in [6.07, 6.45) is 0.351. The second kappa shape index (κ2) is 5.36. The van der Waals surface area contributed by atoms with E-state index in [0.29, 0.717) is 25.1 Å². The fourth-order valence-corrected chi connectivity index (χ4v) is 2.87. The summed E-state index contributed by atoms with van der Waals surface area (Å²) in [5.74, 6) is -0.0198. The topological polar surface area (TPSA) is 62.6 Å². The normalized spacial score (nSPS) is 21.4. The summed E-state index contributed by atoms with van der Waals surface area (Å²) in [5.41, 5.74) is 1.74. The zero-order valence-electron chi connectivity index (χ0n) is 14.0. The van der Waals surface area contributed by atoms with Crippen molar-refractivity contribution >= 4 is 18.5 Å². The van der Waals surface area contributed by atoms with Crippen molar-refractivity contribution in [3.05, 3.63) is 29.3 Å². The van der Waals surface area contributed by atoms with Crippen molar-refractivity contribution in [2.45, 2.75) is 51.9 Å². The second-order valence-corrected chi connectivity index (χ2v) is 7.14. The molecule has 2 heterocycles. The molecule has 0 aromatic heterocycles. The predicted molar refractivity (Wildman–Crippen MR) is 87.1 cm³/mol. The SMILES string of the molecule is CC1(C)OB(c2ccc3c(c2)C(=O)N(CCC#N)C3)OC1(C)C. The van der Waals surface area contributed by atoms with Crippen LogP contribution in [0.4, 0.5) is 0 Å². The maximum Gasteiger partial charge on any atom is 0.494 e. The molecular weight excluding hydrogens is 291 g/mol. The van der Waals surface area contributed by atoms with Crippen molar-refractivity contribution in [1.82, 2.24) is 4.90 Å². The van der Waals surface area contributed by atoms with E-state index < -0.39 is 18.3 Å². The van der Waals surface area contributed by atoms with Gasteiger partial charge in [-0.15, -0.1) is 0 Å². The molecule has 0 bridgehead atoms. The number of nitrogens with zero attached hydrogens (tertiary/aromatic N) is 2. The molecule has 1 fully saturated rings. The van der Waals surface area contributed by atoms with Gasteiger partial charge >= 0.3 is 7.12 Å². The Hall–Kier alpha value is -1.84. The first-order valence-electron chi connectivity index (χ1n) is 7.90. The summed E-state index contributed by atoms with van der Waals surface area (Å²) in [4.78, 5) is 14.2.